The van der Waals surface area contributed by atoms with Gasteiger partial charge in [-0.2, -0.15) is 0 Å². The van der Waals surface area contributed by atoms with Gasteiger partial charge < -0.3 is 5.32 Å². The summed E-state index contributed by atoms with van der Waals surface area (Å²) in [6.45, 7) is 6.57. The number of carbonyl (C=O) groups is 2. The quantitative estimate of drug-likeness (QED) is 0.532. The van der Waals surface area contributed by atoms with Crippen LogP contribution < -0.4 is 5.32 Å². The van der Waals surface area contributed by atoms with E-state index in [0.717, 1.165) is 39.4 Å². The summed E-state index contributed by atoms with van der Waals surface area (Å²) in [5, 5.41) is 6.02. The third kappa shape index (κ3) is 5.84. The number of thiazole rings is 1. The van der Waals surface area contributed by atoms with Crippen LogP contribution in [0.1, 0.15) is 44.9 Å². The Morgan fingerprint density at radius 3 is 2.38 bits per heavy atom. The molecule has 1 amide bonds. The standard InChI is InChI=1S/C24H26N2O2S/c1-16-4-7-21(14-17(16)2)23(27)10-11-24(28)25-13-12-19-5-8-20(9-6-19)22-15-29-18(3)26-22/h4-9,14-15H,10-13H2,1-3H3,(H,25,28). The van der Waals surface area contributed by atoms with Crippen molar-refractivity contribution in [2.75, 3.05) is 6.54 Å². The molecule has 3 rings (SSSR count). The van der Waals surface area contributed by atoms with Crippen molar-refractivity contribution in [3.8, 4) is 11.3 Å². The van der Waals surface area contributed by atoms with Gasteiger partial charge in [-0.15, -0.1) is 11.3 Å². The van der Waals surface area contributed by atoms with Crippen LogP contribution in [0.2, 0.25) is 0 Å². The molecule has 3 aromatic rings. The zero-order valence-electron chi connectivity index (χ0n) is 17.1. The minimum absolute atomic E-state index is 0.0103. The summed E-state index contributed by atoms with van der Waals surface area (Å²) in [5.41, 5.74) is 6.20. The maximum atomic E-state index is 12.3. The third-order valence-corrected chi connectivity index (χ3v) is 5.79. The number of nitrogens with zero attached hydrogens (tertiary/aromatic N) is 1. The van der Waals surface area contributed by atoms with Gasteiger partial charge in [0.15, 0.2) is 5.78 Å². The Hall–Kier alpha value is -2.79. The predicted octanol–water partition coefficient (Wildman–Crippen LogP) is 5.06. The average molecular weight is 407 g/mol. The van der Waals surface area contributed by atoms with Crippen molar-refractivity contribution in [3.63, 3.8) is 0 Å². The molecule has 0 aliphatic heterocycles. The highest BCUT2D eigenvalue weighted by molar-refractivity contribution is 7.09. The summed E-state index contributed by atoms with van der Waals surface area (Å²) >= 11 is 1.64. The molecular weight excluding hydrogens is 380 g/mol. The molecule has 0 aliphatic carbocycles. The molecule has 29 heavy (non-hydrogen) atoms. The number of ketones is 1. The maximum Gasteiger partial charge on any atom is 0.220 e. The van der Waals surface area contributed by atoms with Gasteiger partial charge in [0.05, 0.1) is 10.7 Å². The van der Waals surface area contributed by atoms with Crippen LogP contribution >= 0.6 is 11.3 Å². The van der Waals surface area contributed by atoms with E-state index in [1.54, 1.807) is 11.3 Å². The first-order valence-electron chi connectivity index (χ1n) is 9.81. The topological polar surface area (TPSA) is 59.1 Å². The molecule has 1 N–H and O–H groups in total. The third-order valence-electron chi connectivity index (χ3n) is 5.01. The Labute approximate surface area is 176 Å². The normalized spacial score (nSPS) is 10.7. The number of carbonyl (C=O) groups excluding carboxylic acids is 2. The van der Waals surface area contributed by atoms with Crippen molar-refractivity contribution < 1.29 is 9.59 Å². The number of amides is 1. The minimum atomic E-state index is -0.0863. The molecule has 0 spiro atoms. The van der Waals surface area contributed by atoms with Crippen molar-refractivity contribution in [1.82, 2.24) is 10.3 Å². The van der Waals surface area contributed by atoms with E-state index in [-0.39, 0.29) is 24.5 Å². The van der Waals surface area contributed by atoms with Crippen LogP contribution in [0, 0.1) is 20.8 Å². The lowest BCUT2D eigenvalue weighted by Crippen LogP contribution is -2.26. The molecule has 0 atom stereocenters. The van der Waals surface area contributed by atoms with Gasteiger partial charge in [0.25, 0.3) is 0 Å². The van der Waals surface area contributed by atoms with Crippen molar-refractivity contribution >= 4 is 23.0 Å². The van der Waals surface area contributed by atoms with E-state index in [2.05, 4.69) is 39.9 Å². The van der Waals surface area contributed by atoms with Gasteiger partial charge in [-0.05, 0) is 49.9 Å². The van der Waals surface area contributed by atoms with Crippen molar-refractivity contribution in [2.24, 2.45) is 0 Å². The van der Waals surface area contributed by atoms with Crippen molar-refractivity contribution in [3.05, 3.63) is 75.1 Å². The Morgan fingerprint density at radius 1 is 0.966 bits per heavy atom. The lowest BCUT2D eigenvalue weighted by atomic mass is 10.0. The van der Waals surface area contributed by atoms with Gasteiger partial charge in [0.2, 0.25) is 5.91 Å². The predicted molar refractivity (Wildman–Crippen MR) is 118 cm³/mol. The number of nitrogens with one attached hydrogen (secondary N) is 1. The average Bonchev–Trinajstić information content (AvgIpc) is 3.15. The van der Waals surface area contributed by atoms with Crippen LogP contribution in [0.3, 0.4) is 0 Å². The number of benzene rings is 2. The van der Waals surface area contributed by atoms with Crippen LogP contribution in [-0.2, 0) is 11.2 Å². The number of hydrogen-bond acceptors (Lipinski definition) is 4. The highest BCUT2D eigenvalue weighted by Crippen LogP contribution is 2.21. The summed E-state index contributed by atoms with van der Waals surface area (Å²) < 4.78 is 0. The number of Topliss-reactive ketones (excluding diaryl/α,β-unsaturated/α-hetero) is 1. The first kappa shape index (κ1) is 20.9. The summed E-state index contributed by atoms with van der Waals surface area (Å²) in [6, 6.07) is 13.9. The first-order chi connectivity index (χ1) is 13.9. The highest BCUT2D eigenvalue weighted by atomic mass is 32.1. The number of aryl methyl sites for hydroxylation is 3. The van der Waals surface area contributed by atoms with Gasteiger partial charge in [-0.3, -0.25) is 9.59 Å². The molecule has 0 unspecified atom stereocenters. The lowest BCUT2D eigenvalue weighted by Gasteiger charge is -2.07. The van der Waals surface area contributed by atoms with E-state index >= 15 is 0 Å². The molecule has 1 aromatic heterocycles. The monoisotopic (exact) mass is 406 g/mol. The molecule has 0 bridgehead atoms. The van der Waals surface area contributed by atoms with Crippen LogP contribution in [0.25, 0.3) is 11.3 Å². The van der Waals surface area contributed by atoms with E-state index in [0.29, 0.717) is 12.1 Å². The fraction of sp³-hybridized carbons (Fsp3) is 0.292. The van der Waals surface area contributed by atoms with Crippen LogP contribution in [0.15, 0.2) is 47.8 Å². The molecule has 0 aliphatic rings. The highest BCUT2D eigenvalue weighted by Gasteiger charge is 2.10. The Morgan fingerprint density at radius 2 is 1.72 bits per heavy atom. The SMILES string of the molecule is Cc1nc(-c2ccc(CCNC(=O)CCC(=O)c3ccc(C)c(C)c3)cc2)cs1. The van der Waals surface area contributed by atoms with Crippen LogP contribution in [-0.4, -0.2) is 23.2 Å². The van der Waals surface area contributed by atoms with E-state index in [1.165, 1.54) is 0 Å². The number of hydrogen-bond donors (Lipinski definition) is 1. The van der Waals surface area contributed by atoms with Gasteiger partial charge in [0, 0.05) is 35.9 Å². The van der Waals surface area contributed by atoms with Crippen molar-refractivity contribution in [2.45, 2.75) is 40.0 Å². The maximum absolute atomic E-state index is 12.3. The van der Waals surface area contributed by atoms with Gasteiger partial charge in [-0.25, -0.2) is 4.98 Å². The van der Waals surface area contributed by atoms with Crippen LogP contribution in [0.4, 0.5) is 0 Å². The molecular formula is C24H26N2O2S. The van der Waals surface area contributed by atoms with Crippen LogP contribution in [0.5, 0.6) is 0 Å². The Bertz CT molecular complexity index is 1010. The smallest absolute Gasteiger partial charge is 0.220 e. The van der Waals surface area contributed by atoms with Crippen molar-refractivity contribution in [1.29, 1.82) is 0 Å². The molecule has 0 saturated carbocycles. The summed E-state index contributed by atoms with van der Waals surface area (Å²) in [7, 11) is 0. The van der Waals surface area contributed by atoms with E-state index < -0.39 is 0 Å². The molecule has 0 saturated heterocycles. The van der Waals surface area contributed by atoms with Gasteiger partial charge in [-0.1, -0.05) is 36.4 Å². The fourth-order valence-corrected chi connectivity index (χ4v) is 3.68. The number of aromatic nitrogens is 1. The largest absolute Gasteiger partial charge is 0.356 e. The second-order valence-electron chi connectivity index (χ2n) is 7.27. The van der Waals surface area contributed by atoms with Gasteiger partial charge in [0.1, 0.15) is 0 Å². The molecule has 0 fully saturated rings. The zero-order chi connectivity index (χ0) is 20.8. The molecule has 4 nitrogen and oxygen atoms in total. The summed E-state index contributed by atoms with van der Waals surface area (Å²) in [6.07, 6.45) is 1.21. The summed E-state index contributed by atoms with van der Waals surface area (Å²) in [4.78, 5) is 28.8. The van der Waals surface area contributed by atoms with Gasteiger partial charge >= 0.3 is 0 Å². The molecule has 0 radical (unpaired) electrons. The molecule has 150 valence electrons. The first-order valence-corrected chi connectivity index (χ1v) is 10.7. The van der Waals surface area contributed by atoms with E-state index in [9.17, 15) is 9.59 Å². The molecule has 1 heterocycles. The number of rotatable bonds is 8. The fourth-order valence-electron chi connectivity index (χ4n) is 3.06. The van der Waals surface area contributed by atoms with E-state index in [4.69, 9.17) is 0 Å². The Balaban J connectivity index is 1.41. The zero-order valence-corrected chi connectivity index (χ0v) is 17.9. The second-order valence-corrected chi connectivity index (χ2v) is 8.33. The lowest BCUT2D eigenvalue weighted by molar-refractivity contribution is -0.121. The van der Waals surface area contributed by atoms with E-state index in [1.807, 2.05) is 39.0 Å². The molecule has 5 heteroatoms. The summed E-state index contributed by atoms with van der Waals surface area (Å²) in [5.74, 6) is -0.0760. The molecule has 2 aromatic carbocycles. The Kier molecular flexibility index (Phi) is 6.94. The second kappa shape index (κ2) is 9.61. The minimum Gasteiger partial charge on any atom is -0.356 e.